The van der Waals surface area contributed by atoms with Gasteiger partial charge in [-0.05, 0) is 77.6 Å². The summed E-state index contributed by atoms with van der Waals surface area (Å²) in [5.74, 6) is -0.863. The van der Waals surface area contributed by atoms with Gasteiger partial charge in [0.15, 0.2) is 0 Å². The lowest BCUT2D eigenvalue weighted by Crippen LogP contribution is -2.26. The average Bonchev–Trinajstić information content (AvgIpc) is 3.74. The zero-order valence-corrected chi connectivity index (χ0v) is 20.1. The molecule has 0 atom stereocenters. The van der Waals surface area contributed by atoms with Gasteiger partial charge >= 0.3 is 0 Å². The molecule has 0 spiro atoms. The van der Waals surface area contributed by atoms with Crippen LogP contribution in [0.3, 0.4) is 0 Å². The first-order valence-corrected chi connectivity index (χ1v) is 12.1. The van der Waals surface area contributed by atoms with Crippen LogP contribution in [0.15, 0.2) is 97.1 Å². The fourth-order valence-electron chi connectivity index (χ4n) is 3.97. The van der Waals surface area contributed by atoms with E-state index in [0.717, 1.165) is 29.5 Å². The van der Waals surface area contributed by atoms with Crippen molar-refractivity contribution >= 4 is 34.8 Å². The van der Waals surface area contributed by atoms with Crippen molar-refractivity contribution < 1.29 is 14.0 Å². The zero-order valence-electron chi connectivity index (χ0n) is 20.1. The van der Waals surface area contributed by atoms with Gasteiger partial charge in [0.2, 0.25) is 0 Å². The van der Waals surface area contributed by atoms with E-state index < -0.39 is 0 Å². The van der Waals surface area contributed by atoms with Gasteiger partial charge in [0.1, 0.15) is 5.82 Å². The first-order chi connectivity index (χ1) is 18.0. The molecule has 0 bridgehead atoms. The molecule has 1 fully saturated rings. The summed E-state index contributed by atoms with van der Waals surface area (Å²) in [5, 5.41) is 5.88. The predicted molar refractivity (Wildman–Crippen MR) is 146 cm³/mol. The average molecular weight is 492 g/mol. The van der Waals surface area contributed by atoms with Gasteiger partial charge in [-0.25, -0.2) is 4.39 Å². The number of nitrogens with two attached hydrogens (primary N) is 1. The number of halogens is 1. The maximum absolute atomic E-state index is 13.4. The number of nitrogen functional groups attached to an aromatic ring is 1. The van der Waals surface area contributed by atoms with E-state index in [1.54, 1.807) is 48.5 Å². The Morgan fingerprint density at radius 1 is 0.811 bits per heavy atom. The Balaban J connectivity index is 1.35. The number of nitrogens with one attached hydrogen (secondary N) is 2. The van der Waals surface area contributed by atoms with E-state index in [0.29, 0.717) is 28.1 Å². The molecule has 2 amide bonds. The lowest BCUT2D eigenvalue weighted by molar-refractivity contribution is -0.115. The summed E-state index contributed by atoms with van der Waals surface area (Å²) in [5.41, 5.74) is 11.4. The monoisotopic (exact) mass is 491 g/mol. The Hall–Kier alpha value is -4.71. The minimum absolute atomic E-state index is 0.190. The molecule has 6 heteroatoms. The van der Waals surface area contributed by atoms with Crippen LogP contribution in [-0.2, 0) is 4.79 Å². The van der Waals surface area contributed by atoms with Crippen LogP contribution >= 0.6 is 0 Å². The van der Waals surface area contributed by atoms with Crippen molar-refractivity contribution in [2.75, 3.05) is 11.1 Å². The second kappa shape index (κ2) is 10.5. The van der Waals surface area contributed by atoms with Crippen LogP contribution in [0, 0.1) is 5.82 Å². The van der Waals surface area contributed by atoms with Crippen molar-refractivity contribution in [1.82, 2.24) is 5.32 Å². The van der Waals surface area contributed by atoms with Gasteiger partial charge < -0.3 is 16.4 Å². The smallest absolute Gasteiger partial charge is 0.255 e. The predicted octanol–water partition coefficient (Wildman–Crippen LogP) is 6.15. The highest BCUT2D eigenvalue weighted by atomic mass is 19.1. The van der Waals surface area contributed by atoms with E-state index >= 15 is 0 Å². The summed E-state index contributed by atoms with van der Waals surface area (Å²) in [6.07, 6.45) is 3.67. The third kappa shape index (κ3) is 5.93. The lowest BCUT2D eigenvalue weighted by Gasteiger charge is -2.11. The van der Waals surface area contributed by atoms with Crippen LogP contribution in [0.25, 0.3) is 22.8 Å². The molecule has 5 rings (SSSR count). The number of amides is 2. The molecule has 0 radical (unpaired) electrons. The molecular formula is C31H26FN3O2. The molecule has 5 nitrogen and oxygen atoms in total. The van der Waals surface area contributed by atoms with E-state index in [9.17, 15) is 14.0 Å². The number of rotatable bonds is 7. The summed E-state index contributed by atoms with van der Waals surface area (Å²) in [4.78, 5) is 25.8. The van der Waals surface area contributed by atoms with Crippen molar-refractivity contribution in [2.45, 2.75) is 18.9 Å². The van der Waals surface area contributed by atoms with Crippen molar-refractivity contribution in [2.24, 2.45) is 0 Å². The number of hydrogen-bond donors (Lipinski definition) is 3. The van der Waals surface area contributed by atoms with Gasteiger partial charge in [0, 0.05) is 17.2 Å². The van der Waals surface area contributed by atoms with Crippen LogP contribution in [0.4, 0.5) is 15.8 Å². The molecule has 4 aromatic rings. The van der Waals surface area contributed by atoms with Crippen LogP contribution in [0.5, 0.6) is 0 Å². The van der Waals surface area contributed by atoms with Crippen LogP contribution in [0.1, 0.15) is 34.3 Å². The number of carbonyl (C=O) groups excluding carboxylic acids is 2. The number of benzene rings is 4. The molecule has 184 valence electrons. The first-order valence-electron chi connectivity index (χ1n) is 12.1. The van der Waals surface area contributed by atoms with E-state index in [-0.39, 0.29) is 23.7 Å². The van der Waals surface area contributed by atoms with Crippen molar-refractivity contribution in [3.63, 3.8) is 0 Å². The topological polar surface area (TPSA) is 84.2 Å². The molecule has 1 aliphatic carbocycles. The molecule has 0 heterocycles. The normalized spacial score (nSPS) is 13.2. The van der Waals surface area contributed by atoms with E-state index in [1.807, 2.05) is 42.5 Å². The van der Waals surface area contributed by atoms with Gasteiger partial charge in [0.05, 0.1) is 11.4 Å². The summed E-state index contributed by atoms with van der Waals surface area (Å²) in [6, 6.07) is 28.4. The highest BCUT2D eigenvalue weighted by molar-refractivity contribution is 6.24. The molecule has 4 N–H and O–H groups in total. The van der Waals surface area contributed by atoms with Gasteiger partial charge in [-0.3, -0.25) is 9.59 Å². The molecule has 0 saturated heterocycles. The van der Waals surface area contributed by atoms with Crippen LogP contribution < -0.4 is 16.4 Å². The fraction of sp³-hybridized carbons (Fsp3) is 0.0968. The first kappa shape index (κ1) is 24.0. The van der Waals surface area contributed by atoms with Gasteiger partial charge in [-0.15, -0.1) is 0 Å². The number of anilines is 2. The molecule has 0 aromatic heterocycles. The highest BCUT2D eigenvalue weighted by Crippen LogP contribution is 2.28. The van der Waals surface area contributed by atoms with Gasteiger partial charge in [-0.1, -0.05) is 60.7 Å². The lowest BCUT2D eigenvalue weighted by atomic mass is 10.0. The van der Waals surface area contributed by atoms with Crippen molar-refractivity contribution in [3.05, 3.63) is 120 Å². The van der Waals surface area contributed by atoms with E-state index in [1.165, 1.54) is 12.1 Å². The van der Waals surface area contributed by atoms with E-state index in [2.05, 4.69) is 10.6 Å². The van der Waals surface area contributed by atoms with Crippen LogP contribution in [-0.4, -0.2) is 17.9 Å². The SMILES string of the molecule is Nc1ccc(-c2ccccc2)cc1NC(=O)c1ccc(C=C(C(=O)NC2CC2)c2ccc(F)cc2)cc1. The summed E-state index contributed by atoms with van der Waals surface area (Å²) in [6.45, 7) is 0. The fourth-order valence-corrected chi connectivity index (χ4v) is 3.97. The maximum Gasteiger partial charge on any atom is 0.255 e. The third-order valence-corrected chi connectivity index (χ3v) is 6.20. The molecule has 1 saturated carbocycles. The molecule has 4 aromatic carbocycles. The molecule has 0 aliphatic heterocycles. The molecule has 0 unspecified atom stereocenters. The van der Waals surface area contributed by atoms with Crippen molar-refractivity contribution in [3.8, 4) is 11.1 Å². The molecule has 1 aliphatic rings. The minimum Gasteiger partial charge on any atom is -0.397 e. The Labute approximate surface area is 214 Å². The second-order valence-corrected chi connectivity index (χ2v) is 9.06. The Morgan fingerprint density at radius 2 is 1.49 bits per heavy atom. The largest absolute Gasteiger partial charge is 0.397 e. The molecular weight excluding hydrogens is 465 g/mol. The summed E-state index contributed by atoms with van der Waals surface area (Å²) >= 11 is 0. The Kier molecular flexibility index (Phi) is 6.81. The van der Waals surface area contributed by atoms with Gasteiger partial charge in [0.25, 0.3) is 11.8 Å². The number of hydrogen-bond acceptors (Lipinski definition) is 3. The Bertz CT molecular complexity index is 1460. The quantitative estimate of drug-likeness (QED) is 0.165. The standard InChI is InChI=1S/C31H26FN3O2/c32-25-13-10-22(11-14-25)27(31(37)34-26-15-16-26)18-20-6-8-23(9-7-20)30(36)35-29-19-24(12-17-28(29)33)21-4-2-1-3-5-21/h1-14,17-19,26H,15-16,33H2,(H,34,37)(H,35,36). The summed E-state index contributed by atoms with van der Waals surface area (Å²) in [7, 11) is 0. The third-order valence-electron chi connectivity index (χ3n) is 6.20. The van der Waals surface area contributed by atoms with Gasteiger partial charge in [-0.2, -0.15) is 0 Å². The number of carbonyl (C=O) groups is 2. The second-order valence-electron chi connectivity index (χ2n) is 9.06. The minimum atomic E-state index is -0.365. The van der Waals surface area contributed by atoms with Crippen LogP contribution in [0.2, 0.25) is 0 Å². The molecule has 37 heavy (non-hydrogen) atoms. The highest BCUT2D eigenvalue weighted by Gasteiger charge is 2.25. The van der Waals surface area contributed by atoms with E-state index in [4.69, 9.17) is 5.73 Å². The summed E-state index contributed by atoms with van der Waals surface area (Å²) < 4.78 is 13.4. The Morgan fingerprint density at radius 3 is 2.16 bits per heavy atom. The zero-order chi connectivity index (χ0) is 25.8. The van der Waals surface area contributed by atoms with Crippen molar-refractivity contribution in [1.29, 1.82) is 0 Å². The maximum atomic E-state index is 13.4.